The highest BCUT2D eigenvalue weighted by Gasteiger charge is 2.39. The summed E-state index contributed by atoms with van der Waals surface area (Å²) in [7, 11) is 0. The number of halogens is 3. The molecule has 0 unspecified atom stereocenters. The van der Waals surface area contributed by atoms with E-state index >= 15 is 0 Å². The predicted molar refractivity (Wildman–Crippen MR) is 74.1 cm³/mol. The van der Waals surface area contributed by atoms with Crippen molar-refractivity contribution in [1.29, 1.82) is 0 Å². The van der Waals surface area contributed by atoms with Crippen LogP contribution in [0.2, 0.25) is 0 Å². The molecular weight excluding hydrogens is 313 g/mol. The molecular formula is C14H11F3N4O2. The molecule has 0 aliphatic rings. The third-order valence-corrected chi connectivity index (χ3v) is 2.87. The molecule has 2 rings (SSSR count). The average molecular weight is 324 g/mol. The lowest BCUT2D eigenvalue weighted by molar-refractivity contribution is -0.140. The monoisotopic (exact) mass is 324 g/mol. The van der Waals surface area contributed by atoms with Gasteiger partial charge >= 0.3 is 6.18 Å². The maximum Gasteiger partial charge on any atom is 0.435 e. The van der Waals surface area contributed by atoms with E-state index in [0.29, 0.717) is 4.90 Å². The van der Waals surface area contributed by atoms with Crippen molar-refractivity contribution in [3.63, 3.8) is 0 Å². The predicted octanol–water partition coefficient (Wildman–Crippen LogP) is 2.46. The topological polar surface area (TPSA) is 76.1 Å². The van der Waals surface area contributed by atoms with Crippen LogP contribution >= 0.6 is 0 Å². The highest BCUT2D eigenvalue weighted by atomic mass is 19.4. The molecule has 2 aromatic heterocycles. The molecule has 0 bridgehead atoms. The Kier molecular flexibility index (Phi) is 4.39. The van der Waals surface area contributed by atoms with Gasteiger partial charge in [0.15, 0.2) is 5.69 Å². The zero-order chi connectivity index (χ0) is 17.2. The van der Waals surface area contributed by atoms with Crippen LogP contribution in [0.5, 0.6) is 0 Å². The number of amides is 2. The van der Waals surface area contributed by atoms with Gasteiger partial charge < -0.3 is 0 Å². The minimum absolute atomic E-state index is 0.0197. The number of hydrogen-bond donors (Lipinski definition) is 0. The molecule has 6 nitrogen and oxygen atoms in total. The number of alkyl halides is 3. The molecule has 0 saturated heterocycles. The third-order valence-electron chi connectivity index (χ3n) is 2.87. The highest BCUT2D eigenvalue weighted by Crippen LogP contribution is 2.36. The molecule has 0 N–H and O–H groups in total. The Bertz CT molecular complexity index is 733. The van der Waals surface area contributed by atoms with Gasteiger partial charge in [-0.1, -0.05) is 0 Å². The average Bonchev–Trinajstić information content (AvgIpc) is 2.46. The molecule has 9 heteroatoms. The Labute approximate surface area is 129 Å². The lowest BCUT2D eigenvalue weighted by Crippen LogP contribution is -2.35. The van der Waals surface area contributed by atoms with E-state index in [0.717, 1.165) is 19.9 Å². The second kappa shape index (κ2) is 6.11. The normalized spacial score (nSPS) is 11.2. The van der Waals surface area contributed by atoms with Crippen molar-refractivity contribution in [3.05, 3.63) is 36.5 Å². The molecule has 0 aliphatic carbocycles. The first-order chi connectivity index (χ1) is 10.7. The van der Waals surface area contributed by atoms with Gasteiger partial charge in [0.25, 0.3) is 0 Å². The highest BCUT2D eigenvalue weighted by molar-refractivity contribution is 6.13. The van der Waals surface area contributed by atoms with Crippen molar-refractivity contribution in [2.24, 2.45) is 0 Å². The number of carbonyl (C=O) groups excluding carboxylic acids is 2. The van der Waals surface area contributed by atoms with E-state index in [4.69, 9.17) is 0 Å². The Hall–Kier alpha value is -2.84. The molecule has 0 spiro atoms. The van der Waals surface area contributed by atoms with Crippen LogP contribution in [0.1, 0.15) is 19.5 Å². The quantitative estimate of drug-likeness (QED) is 0.848. The van der Waals surface area contributed by atoms with E-state index < -0.39 is 29.4 Å². The molecule has 2 amide bonds. The minimum Gasteiger partial charge on any atom is -0.274 e. The second-order valence-electron chi connectivity index (χ2n) is 4.56. The fourth-order valence-electron chi connectivity index (χ4n) is 1.99. The molecule has 2 heterocycles. The summed E-state index contributed by atoms with van der Waals surface area (Å²) in [5.74, 6) is -1.67. The molecule has 2 aromatic rings. The molecule has 0 fully saturated rings. The van der Waals surface area contributed by atoms with Crippen LogP contribution in [0.4, 0.5) is 18.9 Å². The third kappa shape index (κ3) is 3.50. The van der Waals surface area contributed by atoms with Crippen molar-refractivity contribution >= 4 is 17.5 Å². The van der Waals surface area contributed by atoms with Gasteiger partial charge in [-0.3, -0.25) is 9.59 Å². The summed E-state index contributed by atoms with van der Waals surface area (Å²) in [6, 6.07) is 2.29. The van der Waals surface area contributed by atoms with Crippen LogP contribution < -0.4 is 4.90 Å². The largest absolute Gasteiger partial charge is 0.435 e. The SMILES string of the molecule is CC(=O)N(C(C)=O)c1ccc(-c2cncnc2)nc1C(F)(F)F. The Morgan fingerprint density at radius 3 is 2.09 bits per heavy atom. The maximum atomic E-state index is 13.3. The molecule has 120 valence electrons. The van der Waals surface area contributed by atoms with Crippen molar-refractivity contribution in [2.75, 3.05) is 4.90 Å². The van der Waals surface area contributed by atoms with Crippen LogP contribution in [-0.2, 0) is 15.8 Å². The number of imide groups is 1. The van der Waals surface area contributed by atoms with Gasteiger partial charge in [-0.25, -0.2) is 19.9 Å². The Morgan fingerprint density at radius 2 is 1.61 bits per heavy atom. The first-order valence-electron chi connectivity index (χ1n) is 6.36. The Balaban J connectivity index is 2.65. The van der Waals surface area contributed by atoms with E-state index in [9.17, 15) is 22.8 Å². The minimum atomic E-state index is -4.84. The first kappa shape index (κ1) is 16.5. The van der Waals surface area contributed by atoms with E-state index in [1.54, 1.807) is 0 Å². The van der Waals surface area contributed by atoms with Crippen molar-refractivity contribution in [2.45, 2.75) is 20.0 Å². The van der Waals surface area contributed by atoms with Gasteiger partial charge in [0.05, 0.1) is 11.4 Å². The van der Waals surface area contributed by atoms with Gasteiger partial charge in [-0.15, -0.1) is 0 Å². The van der Waals surface area contributed by atoms with Crippen molar-refractivity contribution in [3.8, 4) is 11.3 Å². The number of aromatic nitrogens is 3. The van der Waals surface area contributed by atoms with E-state index in [1.165, 1.54) is 24.8 Å². The van der Waals surface area contributed by atoms with Gasteiger partial charge in [-0.2, -0.15) is 13.2 Å². The fourth-order valence-corrected chi connectivity index (χ4v) is 1.99. The molecule has 0 saturated carbocycles. The summed E-state index contributed by atoms with van der Waals surface area (Å²) in [6.45, 7) is 2.00. The number of anilines is 1. The number of hydrogen-bond acceptors (Lipinski definition) is 5. The lowest BCUT2D eigenvalue weighted by Gasteiger charge is -2.21. The van der Waals surface area contributed by atoms with Crippen LogP contribution in [0, 0.1) is 0 Å². The lowest BCUT2D eigenvalue weighted by atomic mass is 10.1. The van der Waals surface area contributed by atoms with Crippen LogP contribution in [0.15, 0.2) is 30.9 Å². The summed E-state index contributed by atoms with van der Waals surface area (Å²) in [4.78, 5) is 34.4. The van der Waals surface area contributed by atoms with Crippen LogP contribution in [0.3, 0.4) is 0 Å². The van der Waals surface area contributed by atoms with Crippen molar-refractivity contribution in [1.82, 2.24) is 15.0 Å². The summed E-state index contributed by atoms with van der Waals surface area (Å²) >= 11 is 0. The zero-order valence-corrected chi connectivity index (χ0v) is 12.1. The van der Waals surface area contributed by atoms with Crippen LogP contribution in [0.25, 0.3) is 11.3 Å². The second-order valence-corrected chi connectivity index (χ2v) is 4.56. The zero-order valence-electron chi connectivity index (χ0n) is 12.1. The smallest absolute Gasteiger partial charge is 0.274 e. The van der Waals surface area contributed by atoms with Gasteiger partial charge in [0, 0.05) is 31.8 Å². The maximum absolute atomic E-state index is 13.3. The first-order valence-corrected chi connectivity index (χ1v) is 6.36. The number of pyridine rings is 1. The molecule has 23 heavy (non-hydrogen) atoms. The van der Waals surface area contributed by atoms with E-state index in [1.807, 2.05) is 0 Å². The molecule has 0 radical (unpaired) electrons. The summed E-state index contributed by atoms with van der Waals surface area (Å²) in [6.07, 6.45) is -0.994. The van der Waals surface area contributed by atoms with Gasteiger partial charge in [0.2, 0.25) is 11.8 Å². The number of carbonyl (C=O) groups is 2. The van der Waals surface area contributed by atoms with E-state index in [2.05, 4.69) is 15.0 Å². The van der Waals surface area contributed by atoms with E-state index in [-0.39, 0.29) is 11.3 Å². The molecule has 0 aromatic carbocycles. The fraction of sp³-hybridized carbons (Fsp3) is 0.214. The summed E-state index contributed by atoms with van der Waals surface area (Å²) in [5.41, 5.74) is -1.68. The van der Waals surface area contributed by atoms with Gasteiger partial charge in [-0.05, 0) is 12.1 Å². The number of rotatable bonds is 2. The van der Waals surface area contributed by atoms with Crippen LogP contribution in [-0.4, -0.2) is 26.8 Å². The number of nitrogens with zero attached hydrogens (tertiary/aromatic N) is 4. The van der Waals surface area contributed by atoms with Crippen molar-refractivity contribution < 1.29 is 22.8 Å². The summed E-state index contributed by atoms with van der Waals surface area (Å²) < 4.78 is 39.9. The standard InChI is InChI=1S/C14H11F3N4O2/c1-8(22)21(9(2)23)12-4-3-11(10-5-18-7-19-6-10)20-13(12)14(15,16)17/h3-7H,1-2H3. The summed E-state index contributed by atoms with van der Waals surface area (Å²) in [5, 5.41) is 0. The van der Waals surface area contributed by atoms with Gasteiger partial charge in [0.1, 0.15) is 6.33 Å². The molecule has 0 aliphatic heterocycles. The molecule has 0 atom stereocenters. The Morgan fingerprint density at radius 1 is 1.04 bits per heavy atom.